The predicted octanol–water partition coefficient (Wildman–Crippen LogP) is 3.45. The number of benzene rings is 1. The maximum absolute atomic E-state index is 12.5. The molecule has 122 valence electrons. The van der Waals surface area contributed by atoms with E-state index in [9.17, 15) is 4.79 Å². The van der Waals surface area contributed by atoms with Crippen LogP contribution in [0.2, 0.25) is 0 Å². The van der Waals surface area contributed by atoms with Crippen LogP contribution in [0.5, 0.6) is 0 Å². The smallest absolute Gasteiger partial charge is 0.254 e. The van der Waals surface area contributed by atoms with E-state index in [4.69, 9.17) is 9.68 Å². The van der Waals surface area contributed by atoms with Gasteiger partial charge in [0.2, 0.25) is 5.76 Å². The molecule has 1 aromatic carbocycles. The van der Waals surface area contributed by atoms with E-state index in [2.05, 4.69) is 21.2 Å². The number of nitrogens with zero attached hydrogens (tertiary/aromatic N) is 2. The Balaban J connectivity index is 0.000000595. The van der Waals surface area contributed by atoms with Crippen molar-refractivity contribution in [3.8, 4) is 6.07 Å². The third-order valence-corrected chi connectivity index (χ3v) is 4.76. The van der Waals surface area contributed by atoms with E-state index < -0.39 is 0 Å². The maximum Gasteiger partial charge on any atom is 0.254 e. The number of fused-ring (bicyclic) bond motifs is 1. The van der Waals surface area contributed by atoms with Crippen LogP contribution in [-0.2, 0) is 0 Å². The minimum absolute atomic E-state index is 0.0394. The van der Waals surface area contributed by atoms with E-state index in [1.807, 2.05) is 32.0 Å². The van der Waals surface area contributed by atoms with Crippen LogP contribution in [0.3, 0.4) is 0 Å². The molecule has 0 unspecified atom stereocenters. The van der Waals surface area contributed by atoms with Crippen LogP contribution in [0, 0.1) is 18.3 Å². The summed E-state index contributed by atoms with van der Waals surface area (Å²) in [6.07, 6.45) is 2.13. The molecular formula is C17H20BrN3O2. The highest BCUT2D eigenvalue weighted by atomic mass is 79.9. The minimum atomic E-state index is 0.0394. The van der Waals surface area contributed by atoms with Gasteiger partial charge in [-0.15, -0.1) is 0 Å². The molecule has 1 aliphatic rings. The zero-order chi connectivity index (χ0) is 17.0. The first-order valence-electron chi connectivity index (χ1n) is 7.54. The Morgan fingerprint density at radius 3 is 2.52 bits per heavy atom. The second kappa shape index (κ2) is 7.62. The minimum Gasteiger partial charge on any atom is -0.446 e. The molecule has 1 N–H and O–H groups in total. The van der Waals surface area contributed by atoms with Crippen LogP contribution in [0.1, 0.15) is 34.5 Å². The quantitative estimate of drug-likeness (QED) is 0.825. The number of furan rings is 1. The summed E-state index contributed by atoms with van der Waals surface area (Å²) in [7, 11) is 3.75. The summed E-state index contributed by atoms with van der Waals surface area (Å²) in [5.74, 6) is 0.295. The molecule has 1 aliphatic heterocycles. The summed E-state index contributed by atoms with van der Waals surface area (Å²) in [4.78, 5) is 14.4. The first-order chi connectivity index (χ1) is 11.0. The topological polar surface area (TPSA) is 69.3 Å². The van der Waals surface area contributed by atoms with Crippen LogP contribution < -0.4 is 5.32 Å². The summed E-state index contributed by atoms with van der Waals surface area (Å²) < 4.78 is 6.27. The molecule has 0 bridgehead atoms. The Bertz CT molecular complexity index is 755. The molecule has 0 spiro atoms. The van der Waals surface area contributed by atoms with Crippen LogP contribution in [0.4, 0.5) is 0 Å². The molecule has 2 heterocycles. The fourth-order valence-electron chi connectivity index (χ4n) is 2.61. The average molecular weight is 378 g/mol. The lowest BCUT2D eigenvalue weighted by Gasteiger charge is -2.17. The zero-order valence-corrected chi connectivity index (χ0v) is 15.2. The van der Waals surface area contributed by atoms with Crippen molar-refractivity contribution in [1.82, 2.24) is 10.2 Å². The number of hydrogen-bond acceptors (Lipinski definition) is 4. The number of amides is 1. The third-order valence-electron chi connectivity index (χ3n) is 3.74. The van der Waals surface area contributed by atoms with E-state index >= 15 is 0 Å². The van der Waals surface area contributed by atoms with Crippen molar-refractivity contribution in [3.05, 3.63) is 33.5 Å². The van der Waals surface area contributed by atoms with E-state index in [-0.39, 0.29) is 11.7 Å². The number of halogens is 1. The van der Waals surface area contributed by atoms with Gasteiger partial charge >= 0.3 is 0 Å². The van der Waals surface area contributed by atoms with Gasteiger partial charge in [0.1, 0.15) is 11.7 Å². The van der Waals surface area contributed by atoms with Gasteiger partial charge in [0.15, 0.2) is 0 Å². The van der Waals surface area contributed by atoms with Gasteiger partial charge in [0.05, 0.1) is 0 Å². The fourth-order valence-corrected chi connectivity index (χ4v) is 3.13. The Labute approximate surface area is 144 Å². The highest BCUT2D eigenvalue weighted by Gasteiger charge is 2.23. The summed E-state index contributed by atoms with van der Waals surface area (Å²) in [5.41, 5.74) is 2.10. The van der Waals surface area contributed by atoms with Crippen molar-refractivity contribution in [3.63, 3.8) is 0 Å². The molecular weight excluding hydrogens is 358 g/mol. The molecule has 0 radical (unpaired) electrons. The molecule has 0 atom stereocenters. The maximum atomic E-state index is 12.5. The molecule has 0 saturated carbocycles. The lowest BCUT2D eigenvalue weighted by Crippen LogP contribution is -2.28. The van der Waals surface area contributed by atoms with Crippen LogP contribution in [0.15, 0.2) is 21.0 Å². The van der Waals surface area contributed by atoms with Gasteiger partial charge in [0.25, 0.3) is 5.91 Å². The first-order valence-corrected chi connectivity index (χ1v) is 8.33. The lowest BCUT2D eigenvalue weighted by atomic mass is 10.1. The molecule has 6 heteroatoms. The summed E-state index contributed by atoms with van der Waals surface area (Å²) >= 11 is 3.51. The molecule has 0 aliphatic carbocycles. The molecule has 23 heavy (non-hydrogen) atoms. The van der Waals surface area contributed by atoms with Crippen molar-refractivity contribution < 1.29 is 9.21 Å². The Hall–Kier alpha value is -1.84. The molecule has 1 amide bonds. The van der Waals surface area contributed by atoms with Gasteiger partial charge in [-0.1, -0.05) is 0 Å². The Morgan fingerprint density at radius 1 is 1.35 bits per heavy atom. The molecule has 1 fully saturated rings. The van der Waals surface area contributed by atoms with Gasteiger partial charge in [-0.05, 0) is 61.4 Å². The Morgan fingerprint density at radius 2 is 1.96 bits per heavy atom. The third kappa shape index (κ3) is 3.57. The SMILES string of the molecule is CNC.Cc1c(C(=O)N2CCCC2)cc2oc(C#N)cc2c1Br. The highest BCUT2D eigenvalue weighted by molar-refractivity contribution is 9.10. The van der Waals surface area contributed by atoms with Crippen LogP contribution in [-0.4, -0.2) is 38.0 Å². The van der Waals surface area contributed by atoms with Crippen molar-refractivity contribution in [2.45, 2.75) is 19.8 Å². The van der Waals surface area contributed by atoms with Gasteiger partial charge in [-0.3, -0.25) is 4.79 Å². The van der Waals surface area contributed by atoms with Crippen molar-refractivity contribution in [1.29, 1.82) is 5.26 Å². The number of carbonyl (C=O) groups is 1. The summed E-state index contributed by atoms with van der Waals surface area (Å²) in [5, 5.41) is 12.5. The highest BCUT2D eigenvalue weighted by Crippen LogP contribution is 2.33. The number of nitriles is 1. The summed E-state index contributed by atoms with van der Waals surface area (Å²) in [6.45, 7) is 3.54. The first kappa shape index (κ1) is 17.5. The standard InChI is InChI=1S/C15H13BrN2O2.C2H7N/c1-9-11(15(19)18-4-2-3-5-18)7-13-12(14(9)16)6-10(8-17)20-13;1-3-2/h6-7H,2-5H2,1H3;3H,1-2H3. The summed E-state index contributed by atoms with van der Waals surface area (Å²) in [6, 6.07) is 5.42. The van der Waals surface area contributed by atoms with Crippen molar-refractivity contribution >= 4 is 32.8 Å². The lowest BCUT2D eigenvalue weighted by molar-refractivity contribution is 0.0792. The van der Waals surface area contributed by atoms with Gasteiger partial charge in [-0.2, -0.15) is 5.26 Å². The predicted molar refractivity (Wildman–Crippen MR) is 93.5 cm³/mol. The van der Waals surface area contributed by atoms with Crippen LogP contribution >= 0.6 is 15.9 Å². The van der Waals surface area contributed by atoms with Gasteiger partial charge < -0.3 is 14.6 Å². The van der Waals surface area contributed by atoms with E-state index in [1.165, 1.54) is 0 Å². The molecule has 1 saturated heterocycles. The molecule has 2 aromatic rings. The number of likely N-dealkylation sites (tertiary alicyclic amines) is 1. The monoisotopic (exact) mass is 377 g/mol. The van der Waals surface area contributed by atoms with E-state index in [1.54, 1.807) is 12.1 Å². The van der Waals surface area contributed by atoms with Crippen LogP contribution in [0.25, 0.3) is 11.0 Å². The number of rotatable bonds is 1. The number of hydrogen-bond donors (Lipinski definition) is 1. The number of carbonyl (C=O) groups excluding carboxylic acids is 1. The van der Waals surface area contributed by atoms with Crippen molar-refractivity contribution in [2.75, 3.05) is 27.2 Å². The van der Waals surface area contributed by atoms with E-state index in [0.29, 0.717) is 11.1 Å². The molecule has 3 rings (SSSR count). The van der Waals surface area contributed by atoms with Crippen molar-refractivity contribution in [2.24, 2.45) is 0 Å². The molecule has 1 aromatic heterocycles. The van der Waals surface area contributed by atoms with Gasteiger partial charge in [0, 0.05) is 34.6 Å². The van der Waals surface area contributed by atoms with Gasteiger partial charge in [-0.25, -0.2) is 0 Å². The second-order valence-corrected chi connectivity index (χ2v) is 6.29. The zero-order valence-electron chi connectivity index (χ0n) is 13.6. The largest absolute Gasteiger partial charge is 0.446 e. The second-order valence-electron chi connectivity index (χ2n) is 5.50. The average Bonchev–Trinajstić information content (AvgIpc) is 3.20. The van der Waals surface area contributed by atoms with E-state index in [0.717, 1.165) is 41.4 Å². The number of nitrogens with one attached hydrogen (secondary N) is 1. The normalized spacial score (nSPS) is 13.6. The fraction of sp³-hybridized carbons (Fsp3) is 0.412. The Kier molecular flexibility index (Phi) is 5.80. The molecule has 5 nitrogen and oxygen atoms in total.